The van der Waals surface area contributed by atoms with E-state index in [9.17, 15) is 4.79 Å². The van der Waals surface area contributed by atoms with Gasteiger partial charge in [0.05, 0.1) is 17.7 Å². The molecule has 1 saturated carbocycles. The number of carbonyl (C=O) groups excluding carboxylic acids is 1. The summed E-state index contributed by atoms with van der Waals surface area (Å²) in [6, 6.07) is 5.95. The second kappa shape index (κ2) is 4.20. The Bertz CT molecular complexity index is 574. The van der Waals surface area contributed by atoms with Crippen LogP contribution in [0.1, 0.15) is 30.8 Å². The highest BCUT2D eigenvalue weighted by atomic mass is 32.1. The average molecular weight is 275 g/mol. The fraction of sp³-hybridized carbons (Fsp3) is 0.429. The van der Waals surface area contributed by atoms with Gasteiger partial charge in [0.25, 0.3) is 0 Å². The van der Waals surface area contributed by atoms with Gasteiger partial charge in [-0.05, 0) is 29.3 Å². The van der Waals surface area contributed by atoms with Crippen LogP contribution in [0.15, 0.2) is 29.8 Å². The first-order chi connectivity index (χ1) is 9.06. The van der Waals surface area contributed by atoms with Gasteiger partial charge in [-0.3, -0.25) is 9.89 Å². The molecule has 0 saturated heterocycles. The first kappa shape index (κ1) is 12.4. The molecule has 1 aliphatic carbocycles. The lowest BCUT2D eigenvalue weighted by Crippen LogP contribution is -2.37. The first-order valence-electron chi connectivity index (χ1n) is 6.37. The van der Waals surface area contributed by atoms with Crippen LogP contribution in [0.5, 0.6) is 0 Å². The largest absolute Gasteiger partial charge is 0.350 e. The average Bonchev–Trinajstić information content (AvgIpc) is 2.91. The van der Waals surface area contributed by atoms with E-state index in [4.69, 9.17) is 0 Å². The molecule has 2 aromatic rings. The number of carbonyl (C=O) groups is 1. The molecule has 2 aromatic heterocycles. The van der Waals surface area contributed by atoms with Crippen LogP contribution in [0.25, 0.3) is 0 Å². The summed E-state index contributed by atoms with van der Waals surface area (Å²) in [6.45, 7) is 4.81. The molecule has 2 N–H and O–H groups in total. The van der Waals surface area contributed by atoms with Gasteiger partial charge in [-0.1, -0.05) is 19.9 Å². The quantitative estimate of drug-likeness (QED) is 0.900. The summed E-state index contributed by atoms with van der Waals surface area (Å²) in [5.74, 6) is 0.120. The number of H-pyrrole nitrogens is 1. The zero-order valence-electron chi connectivity index (χ0n) is 11.1. The molecule has 0 unspecified atom stereocenters. The molecule has 0 bridgehead atoms. The topological polar surface area (TPSA) is 57.8 Å². The van der Waals surface area contributed by atoms with Crippen molar-refractivity contribution < 1.29 is 4.79 Å². The number of aromatic nitrogens is 2. The SMILES string of the molecule is CC1(C)C[C@]1(C(=O)NCc1ccn[nH]1)c1cccs1. The van der Waals surface area contributed by atoms with Crippen molar-refractivity contribution in [1.29, 1.82) is 0 Å². The van der Waals surface area contributed by atoms with Crippen LogP contribution in [0.3, 0.4) is 0 Å². The van der Waals surface area contributed by atoms with Gasteiger partial charge in [-0.25, -0.2) is 0 Å². The van der Waals surface area contributed by atoms with E-state index >= 15 is 0 Å². The minimum absolute atomic E-state index is 0.0376. The van der Waals surface area contributed by atoms with E-state index in [-0.39, 0.29) is 16.7 Å². The highest BCUT2D eigenvalue weighted by Crippen LogP contribution is 2.65. The fourth-order valence-corrected chi connectivity index (χ4v) is 3.87. The summed E-state index contributed by atoms with van der Waals surface area (Å²) in [7, 11) is 0. The van der Waals surface area contributed by atoms with Crippen LogP contribution in [0, 0.1) is 5.41 Å². The lowest BCUT2D eigenvalue weighted by atomic mass is 9.93. The van der Waals surface area contributed by atoms with E-state index in [1.165, 1.54) is 4.88 Å². The summed E-state index contributed by atoms with van der Waals surface area (Å²) >= 11 is 1.67. The Morgan fingerprint density at radius 2 is 2.32 bits per heavy atom. The highest BCUT2D eigenvalue weighted by Gasteiger charge is 2.67. The Hall–Kier alpha value is -1.62. The Morgan fingerprint density at radius 1 is 1.53 bits per heavy atom. The van der Waals surface area contributed by atoms with Gasteiger partial charge in [0.2, 0.25) is 5.91 Å². The molecule has 1 amide bonds. The predicted molar refractivity (Wildman–Crippen MR) is 74.8 cm³/mol. The van der Waals surface area contributed by atoms with Crippen LogP contribution < -0.4 is 5.32 Å². The fourth-order valence-electron chi connectivity index (χ4n) is 2.77. The summed E-state index contributed by atoms with van der Waals surface area (Å²) in [5, 5.41) is 11.8. The molecule has 0 radical (unpaired) electrons. The molecule has 3 rings (SSSR count). The number of hydrogen-bond donors (Lipinski definition) is 2. The van der Waals surface area contributed by atoms with Crippen LogP contribution in [0.4, 0.5) is 0 Å². The van der Waals surface area contributed by atoms with Gasteiger partial charge < -0.3 is 5.32 Å². The number of nitrogens with zero attached hydrogens (tertiary/aromatic N) is 1. The Labute approximate surface area is 116 Å². The number of amides is 1. The normalized spacial score (nSPS) is 24.1. The zero-order valence-corrected chi connectivity index (χ0v) is 11.9. The number of thiophene rings is 1. The molecule has 1 fully saturated rings. The van der Waals surface area contributed by atoms with Crippen molar-refractivity contribution in [3.63, 3.8) is 0 Å². The predicted octanol–water partition coefficient (Wildman–Crippen LogP) is 2.46. The highest BCUT2D eigenvalue weighted by molar-refractivity contribution is 7.10. The maximum Gasteiger partial charge on any atom is 0.232 e. The smallest absolute Gasteiger partial charge is 0.232 e. The summed E-state index contributed by atoms with van der Waals surface area (Å²) < 4.78 is 0. The molecule has 2 heterocycles. The third-order valence-electron chi connectivity index (χ3n) is 4.06. The lowest BCUT2D eigenvalue weighted by molar-refractivity contribution is -0.124. The molecule has 1 atom stereocenters. The van der Waals surface area contributed by atoms with Crippen LogP contribution in [-0.2, 0) is 16.8 Å². The lowest BCUT2D eigenvalue weighted by Gasteiger charge is -2.18. The minimum Gasteiger partial charge on any atom is -0.350 e. The number of rotatable bonds is 4. The van der Waals surface area contributed by atoms with Crippen LogP contribution in [-0.4, -0.2) is 16.1 Å². The Morgan fingerprint density at radius 3 is 2.84 bits per heavy atom. The molecule has 1 aliphatic rings. The Balaban J connectivity index is 1.77. The maximum atomic E-state index is 12.6. The van der Waals surface area contributed by atoms with Gasteiger partial charge >= 0.3 is 0 Å². The van der Waals surface area contributed by atoms with E-state index in [2.05, 4.69) is 35.4 Å². The minimum atomic E-state index is -0.346. The van der Waals surface area contributed by atoms with Crippen molar-refractivity contribution in [2.75, 3.05) is 0 Å². The molecule has 19 heavy (non-hydrogen) atoms. The standard InChI is InChI=1S/C14H17N3OS/c1-13(2)9-14(13,11-4-3-7-19-11)12(18)15-8-10-5-6-16-17-10/h3-7H,8-9H2,1-2H3,(H,15,18)(H,16,17)/t14-/m1/s1. The molecule has 100 valence electrons. The molecular weight excluding hydrogens is 258 g/mol. The van der Waals surface area contributed by atoms with E-state index < -0.39 is 0 Å². The van der Waals surface area contributed by atoms with Gasteiger partial charge in [0.15, 0.2) is 0 Å². The van der Waals surface area contributed by atoms with E-state index in [0.29, 0.717) is 6.54 Å². The van der Waals surface area contributed by atoms with Crippen LogP contribution >= 0.6 is 11.3 Å². The maximum absolute atomic E-state index is 12.6. The molecule has 0 spiro atoms. The monoisotopic (exact) mass is 275 g/mol. The van der Waals surface area contributed by atoms with E-state index in [1.807, 2.05) is 17.5 Å². The molecule has 0 aliphatic heterocycles. The second-order valence-corrected chi connectivity index (χ2v) is 6.66. The summed E-state index contributed by atoms with van der Waals surface area (Å²) in [6.07, 6.45) is 2.60. The van der Waals surface area contributed by atoms with Gasteiger partial charge in [0.1, 0.15) is 0 Å². The van der Waals surface area contributed by atoms with Crippen molar-refractivity contribution in [1.82, 2.24) is 15.5 Å². The van der Waals surface area contributed by atoms with Crippen molar-refractivity contribution in [3.05, 3.63) is 40.3 Å². The van der Waals surface area contributed by atoms with Crippen LogP contribution in [0.2, 0.25) is 0 Å². The van der Waals surface area contributed by atoms with Gasteiger partial charge in [0, 0.05) is 11.1 Å². The third-order valence-corrected chi connectivity index (χ3v) is 5.10. The molecular formula is C14H17N3OS. The van der Waals surface area contributed by atoms with Gasteiger partial charge in [-0.15, -0.1) is 11.3 Å². The first-order valence-corrected chi connectivity index (χ1v) is 7.25. The van der Waals surface area contributed by atoms with Crippen molar-refractivity contribution in [2.45, 2.75) is 32.2 Å². The van der Waals surface area contributed by atoms with Crippen molar-refractivity contribution >= 4 is 17.2 Å². The molecule has 4 nitrogen and oxygen atoms in total. The van der Waals surface area contributed by atoms with Crippen molar-refractivity contribution in [2.24, 2.45) is 5.41 Å². The molecule has 0 aromatic carbocycles. The van der Waals surface area contributed by atoms with E-state index in [0.717, 1.165) is 12.1 Å². The summed E-state index contributed by atoms with van der Waals surface area (Å²) in [4.78, 5) is 13.8. The summed E-state index contributed by atoms with van der Waals surface area (Å²) in [5.41, 5.74) is 0.616. The van der Waals surface area contributed by atoms with Gasteiger partial charge in [-0.2, -0.15) is 5.10 Å². The third kappa shape index (κ3) is 1.89. The second-order valence-electron chi connectivity index (χ2n) is 5.71. The Kier molecular flexibility index (Phi) is 2.74. The molecule has 5 heteroatoms. The number of aromatic amines is 1. The zero-order chi connectivity index (χ0) is 13.5. The van der Waals surface area contributed by atoms with Crippen molar-refractivity contribution in [3.8, 4) is 0 Å². The number of nitrogens with one attached hydrogen (secondary N) is 2. The van der Waals surface area contributed by atoms with E-state index in [1.54, 1.807) is 17.5 Å². The number of hydrogen-bond acceptors (Lipinski definition) is 3.